The average Bonchev–Trinajstić information content (AvgIpc) is 2.31. The van der Waals surface area contributed by atoms with E-state index in [-0.39, 0.29) is 11.4 Å². The summed E-state index contributed by atoms with van der Waals surface area (Å²) in [4.78, 5) is 26.8. The summed E-state index contributed by atoms with van der Waals surface area (Å²) in [5.41, 5.74) is 13.7. The zero-order valence-electron chi connectivity index (χ0n) is 9.95. The number of hydrogen-bond acceptors (Lipinski definition) is 6. The summed E-state index contributed by atoms with van der Waals surface area (Å²) in [5.74, 6) is 0.0218. The molecule has 0 unspecified atom stereocenters. The fraction of sp³-hybridized carbons (Fsp3) is 0. The van der Waals surface area contributed by atoms with Crippen LogP contribution in [0.2, 0.25) is 0 Å². The summed E-state index contributed by atoms with van der Waals surface area (Å²) in [7, 11) is -4.66. The van der Waals surface area contributed by atoms with Crippen molar-refractivity contribution >= 4 is 19.5 Å². The van der Waals surface area contributed by atoms with Crippen LogP contribution in [-0.4, -0.2) is 14.7 Å². The molecule has 6 nitrogen and oxygen atoms in total. The Bertz CT molecular complexity index is 581. The number of anilines is 2. The van der Waals surface area contributed by atoms with E-state index < -0.39 is 8.17 Å². The Morgan fingerprint density at radius 1 is 0.842 bits per heavy atom. The predicted octanol–water partition coefficient (Wildman–Crippen LogP) is 1.28. The standard InChI is InChI=1S/C12H15N2O4P/c13-10-4-1-8(2-5-10)9-3-6-11(14)12(7-9)18-19(15,16)17/h1-7,15-17,19H,13-14H2. The van der Waals surface area contributed by atoms with Gasteiger partial charge in [-0.15, -0.1) is 0 Å². The molecule has 0 aliphatic heterocycles. The summed E-state index contributed by atoms with van der Waals surface area (Å²) in [6.07, 6.45) is 0. The van der Waals surface area contributed by atoms with Crippen molar-refractivity contribution in [2.24, 2.45) is 0 Å². The third-order valence-electron chi connectivity index (χ3n) is 2.50. The van der Waals surface area contributed by atoms with E-state index in [4.69, 9.17) is 26.1 Å². The number of nitrogen functional groups attached to an aromatic ring is 2. The van der Waals surface area contributed by atoms with Crippen LogP contribution >= 0.6 is 8.17 Å². The minimum absolute atomic E-state index is 0.0218. The molecule has 19 heavy (non-hydrogen) atoms. The molecule has 0 fully saturated rings. The van der Waals surface area contributed by atoms with Gasteiger partial charge in [0.25, 0.3) is 0 Å². The van der Waals surface area contributed by atoms with Gasteiger partial charge in [0.15, 0.2) is 0 Å². The van der Waals surface area contributed by atoms with Gasteiger partial charge in [0.2, 0.25) is 0 Å². The van der Waals surface area contributed by atoms with E-state index in [2.05, 4.69) is 4.52 Å². The van der Waals surface area contributed by atoms with Crippen LogP contribution in [0.15, 0.2) is 42.5 Å². The molecule has 2 aromatic rings. The molecule has 0 atom stereocenters. The first-order valence-electron chi connectivity index (χ1n) is 5.47. The second-order valence-electron chi connectivity index (χ2n) is 4.05. The van der Waals surface area contributed by atoms with Crippen LogP contribution in [0, 0.1) is 0 Å². The average molecular weight is 282 g/mol. The van der Waals surface area contributed by atoms with Gasteiger partial charge in [-0.1, -0.05) is 0 Å². The van der Waals surface area contributed by atoms with Crippen molar-refractivity contribution in [3.63, 3.8) is 0 Å². The molecule has 2 rings (SSSR count). The second kappa shape index (κ2) is 5.03. The third-order valence-corrected chi connectivity index (χ3v) is 3.00. The van der Waals surface area contributed by atoms with Crippen molar-refractivity contribution in [3.05, 3.63) is 42.5 Å². The van der Waals surface area contributed by atoms with Crippen LogP contribution in [0.1, 0.15) is 0 Å². The quantitative estimate of drug-likeness (QED) is 0.427. The SMILES string of the molecule is Nc1ccc(-c2ccc(N)c(O[PH](O)(O)O)c2)cc1. The third kappa shape index (κ3) is 3.56. The van der Waals surface area contributed by atoms with Crippen LogP contribution < -0.4 is 16.0 Å². The van der Waals surface area contributed by atoms with Gasteiger partial charge < -0.3 is 0 Å². The molecular formula is C12H15N2O4P. The van der Waals surface area contributed by atoms with E-state index in [9.17, 15) is 0 Å². The van der Waals surface area contributed by atoms with Crippen molar-refractivity contribution in [2.45, 2.75) is 0 Å². The van der Waals surface area contributed by atoms with E-state index in [0.29, 0.717) is 5.69 Å². The van der Waals surface area contributed by atoms with E-state index in [1.54, 1.807) is 24.3 Å². The monoisotopic (exact) mass is 282 g/mol. The predicted molar refractivity (Wildman–Crippen MR) is 76.3 cm³/mol. The van der Waals surface area contributed by atoms with Gasteiger partial charge in [0.05, 0.1) is 0 Å². The van der Waals surface area contributed by atoms with Gasteiger partial charge in [-0.3, -0.25) is 0 Å². The molecule has 102 valence electrons. The van der Waals surface area contributed by atoms with Gasteiger partial charge in [0, 0.05) is 0 Å². The Morgan fingerprint density at radius 3 is 2.00 bits per heavy atom. The van der Waals surface area contributed by atoms with E-state index >= 15 is 0 Å². The molecule has 0 amide bonds. The first kappa shape index (κ1) is 13.6. The molecule has 0 saturated carbocycles. The minimum atomic E-state index is -4.66. The van der Waals surface area contributed by atoms with Gasteiger partial charge in [-0.2, -0.15) is 0 Å². The van der Waals surface area contributed by atoms with Gasteiger partial charge >= 0.3 is 110 Å². The molecular weight excluding hydrogens is 267 g/mol. The first-order chi connectivity index (χ1) is 8.85. The number of nitrogens with two attached hydrogens (primary N) is 2. The second-order valence-corrected chi connectivity index (χ2v) is 5.40. The van der Waals surface area contributed by atoms with E-state index in [0.717, 1.165) is 11.1 Å². The number of rotatable bonds is 3. The maximum absolute atomic E-state index is 8.95. The van der Waals surface area contributed by atoms with Crippen molar-refractivity contribution < 1.29 is 19.2 Å². The summed E-state index contributed by atoms with van der Waals surface area (Å²) in [6, 6.07) is 11.9. The number of hydrogen-bond donors (Lipinski definition) is 5. The summed E-state index contributed by atoms with van der Waals surface area (Å²) in [6.45, 7) is 0. The Balaban J connectivity index is 2.38. The number of benzene rings is 2. The van der Waals surface area contributed by atoms with E-state index in [1.807, 2.05) is 12.1 Å². The van der Waals surface area contributed by atoms with Crippen molar-refractivity contribution in [1.82, 2.24) is 0 Å². The fourth-order valence-electron chi connectivity index (χ4n) is 1.63. The normalized spacial score (nSPS) is 12.2. The Hall–Kier alpha value is -1.85. The topological polar surface area (TPSA) is 122 Å². The molecule has 0 spiro atoms. The van der Waals surface area contributed by atoms with Crippen LogP contribution in [0.5, 0.6) is 5.75 Å². The Kier molecular flexibility index (Phi) is 3.59. The molecule has 0 aliphatic carbocycles. The molecule has 0 aliphatic rings. The molecule has 0 radical (unpaired) electrons. The van der Waals surface area contributed by atoms with Crippen LogP contribution in [0.3, 0.4) is 0 Å². The fourth-order valence-corrected chi connectivity index (χ4v) is 2.10. The van der Waals surface area contributed by atoms with Gasteiger partial charge in [-0.25, -0.2) is 0 Å². The molecule has 0 aromatic heterocycles. The molecule has 2 aromatic carbocycles. The van der Waals surface area contributed by atoms with E-state index in [1.165, 1.54) is 6.07 Å². The zero-order valence-corrected chi connectivity index (χ0v) is 10.9. The van der Waals surface area contributed by atoms with Gasteiger partial charge in [0.1, 0.15) is 0 Å². The summed E-state index contributed by atoms with van der Waals surface area (Å²) >= 11 is 0. The summed E-state index contributed by atoms with van der Waals surface area (Å²) in [5, 5.41) is 0. The molecule has 7 heteroatoms. The summed E-state index contributed by atoms with van der Waals surface area (Å²) < 4.78 is 4.67. The molecule has 0 heterocycles. The van der Waals surface area contributed by atoms with Crippen molar-refractivity contribution in [3.8, 4) is 16.9 Å². The van der Waals surface area contributed by atoms with Crippen molar-refractivity contribution in [1.29, 1.82) is 0 Å². The Labute approximate surface area is 110 Å². The van der Waals surface area contributed by atoms with Crippen LogP contribution in [0.25, 0.3) is 11.1 Å². The molecule has 7 N–H and O–H groups in total. The maximum atomic E-state index is 8.95. The Morgan fingerprint density at radius 2 is 1.42 bits per heavy atom. The van der Waals surface area contributed by atoms with Gasteiger partial charge in [-0.05, 0) is 0 Å². The first-order valence-corrected chi connectivity index (χ1v) is 7.22. The van der Waals surface area contributed by atoms with Crippen LogP contribution in [-0.2, 0) is 0 Å². The zero-order chi connectivity index (χ0) is 14.0. The molecule has 0 bridgehead atoms. The molecule has 0 saturated heterocycles. The van der Waals surface area contributed by atoms with Crippen LogP contribution in [0.4, 0.5) is 11.4 Å². The van der Waals surface area contributed by atoms with Crippen molar-refractivity contribution in [2.75, 3.05) is 11.5 Å².